The van der Waals surface area contributed by atoms with Crippen molar-refractivity contribution in [2.75, 3.05) is 40.4 Å². The van der Waals surface area contributed by atoms with E-state index in [1.165, 1.54) is 17.7 Å². The van der Waals surface area contributed by atoms with E-state index in [0.717, 1.165) is 44.2 Å². The van der Waals surface area contributed by atoms with Crippen LogP contribution < -0.4 is 9.47 Å². The summed E-state index contributed by atoms with van der Waals surface area (Å²) in [5.41, 5.74) is 1.91. The Morgan fingerprint density at radius 1 is 0.968 bits per heavy atom. The Kier molecular flexibility index (Phi) is 6.48. The van der Waals surface area contributed by atoms with Gasteiger partial charge < -0.3 is 13.9 Å². The van der Waals surface area contributed by atoms with E-state index < -0.39 is 0 Å². The Labute approximate surface area is 181 Å². The highest BCUT2D eigenvalue weighted by Crippen LogP contribution is 2.29. The van der Waals surface area contributed by atoms with Gasteiger partial charge in [-0.2, -0.15) is 0 Å². The van der Waals surface area contributed by atoms with Crippen molar-refractivity contribution in [3.8, 4) is 23.0 Å². The van der Waals surface area contributed by atoms with Crippen LogP contribution in [0, 0.1) is 5.82 Å². The fraction of sp³-hybridized carbons (Fsp3) is 0.391. The topological polar surface area (TPSA) is 63.9 Å². The fourth-order valence-electron chi connectivity index (χ4n) is 3.81. The number of methoxy groups -OCH3 is 2. The molecule has 31 heavy (non-hydrogen) atoms. The highest BCUT2D eigenvalue weighted by molar-refractivity contribution is 5.52. The number of ether oxygens (including phenoxy) is 2. The Bertz CT molecular complexity index is 1000. The van der Waals surface area contributed by atoms with Gasteiger partial charge in [0.2, 0.25) is 11.8 Å². The third-order valence-corrected chi connectivity index (χ3v) is 5.70. The van der Waals surface area contributed by atoms with Gasteiger partial charge in [0.05, 0.1) is 20.3 Å². The van der Waals surface area contributed by atoms with Crippen molar-refractivity contribution < 1.29 is 18.3 Å². The molecule has 7 nitrogen and oxygen atoms in total. The van der Waals surface area contributed by atoms with Crippen LogP contribution in [0.15, 0.2) is 46.9 Å². The maximum absolute atomic E-state index is 13.1. The molecule has 0 saturated carbocycles. The van der Waals surface area contributed by atoms with Crippen molar-refractivity contribution in [2.45, 2.75) is 19.5 Å². The lowest BCUT2D eigenvalue weighted by atomic mass is 10.1. The molecule has 1 aliphatic rings. The van der Waals surface area contributed by atoms with Gasteiger partial charge in [-0.15, -0.1) is 10.2 Å². The summed E-state index contributed by atoms with van der Waals surface area (Å²) in [7, 11) is 3.30. The molecule has 0 bridgehead atoms. The zero-order valence-electron chi connectivity index (χ0n) is 18.0. The molecule has 1 aromatic heterocycles. The molecular formula is C23H27FN4O3. The number of benzene rings is 2. The molecule has 2 aromatic carbocycles. The van der Waals surface area contributed by atoms with Gasteiger partial charge in [0, 0.05) is 38.3 Å². The monoisotopic (exact) mass is 426 g/mol. The minimum atomic E-state index is -0.289. The van der Waals surface area contributed by atoms with Crippen LogP contribution >= 0.6 is 0 Å². The summed E-state index contributed by atoms with van der Waals surface area (Å²) < 4.78 is 29.7. The molecule has 1 atom stereocenters. The number of nitrogens with zero attached hydrogens (tertiary/aromatic N) is 4. The molecule has 1 fully saturated rings. The molecule has 0 spiro atoms. The van der Waals surface area contributed by atoms with Crippen LogP contribution in [0.3, 0.4) is 0 Å². The summed E-state index contributed by atoms with van der Waals surface area (Å²) in [6.07, 6.45) is 0. The second-order valence-corrected chi connectivity index (χ2v) is 7.63. The summed E-state index contributed by atoms with van der Waals surface area (Å²) in [6.45, 7) is 6.63. The van der Waals surface area contributed by atoms with E-state index in [4.69, 9.17) is 13.9 Å². The van der Waals surface area contributed by atoms with Crippen LogP contribution in [0.2, 0.25) is 0 Å². The van der Waals surface area contributed by atoms with Gasteiger partial charge in [-0.05, 0) is 48.9 Å². The van der Waals surface area contributed by atoms with Crippen molar-refractivity contribution in [3.05, 3.63) is 59.7 Å². The molecule has 1 unspecified atom stereocenters. The predicted octanol–water partition coefficient (Wildman–Crippen LogP) is 3.77. The number of aromatic nitrogens is 2. The lowest BCUT2D eigenvalue weighted by Crippen LogP contribution is -2.46. The number of hydrogen-bond donors (Lipinski definition) is 0. The van der Waals surface area contributed by atoms with E-state index in [1.54, 1.807) is 26.4 Å². The zero-order chi connectivity index (χ0) is 21.8. The number of piperazine rings is 1. The smallest absolute Gasteiger partial charge is 0.247 e. The summed E-state index contributed by atoms with van der Waals surface area (Å²) >= 11 is 0. The molecule has 8 heteroatoms. The average Bonchev–Trinajstić information content (AvgIpc) is 3.30. The summed E-state index contributed by atoms with van der Waals surface area (Å²) in [4.78, 5) is 4.76. The average molecular weight is 426 g/mol. The zero-order valence-corrected chi connectivity index (χ0v) is 18.0. The molecule has 0 radical (unpaired) electrons. The van der Waals surface area contributed by atoms with Gasteiger partial charge >= 0.3 is 0 Å². The molecule has 1 saturated heterocycles. The van der Waals surface area contributed by atoms with Crippen LogP contribution in [0.1, 0.15) is 24.4 Å². The molecule has 4 rings (SSSR count). The largest absolute Gasteiger partial charge is 0.493 e. The SMILES string of the molecule is COc1ccc(CN2CCN(C(C)c3nnc(-c4ccc(F)cc4)o3)CC2)cc1OC. The highest BCUT2D eigenvalue weighted by atomic mass is 19.1. The van der Waals surface area contributed by atoms with E-state index in [2.05, 4.69) is 33.0 Å². The van der Waals surface area contributed by atoms with E-state index >= 15 is 0 Å². The normalized spacial score (nSPS) is 16.3. The van der Waals surface area contributed by atoms with Crippen LogP contribution in [0.25, 0.3) is 11.5 Å². The second-order valence-electron chi connectivity index (χ2n) is 7.63. The molecule has 3 aromatic rings. The maximum Gasteiger partial charge on any atom is 0.247 e. The standard InChI is InChI=1S/C23H27FN4O3/c1-16(22-25-26-23(31-22)18-5-7-19(24)8-6-18)28-12-10-27(11-13-28)15-17-4-9-20(29-2)21(14-17)30-3/h4-9,14,16H,10-13,15H2,1-3H3. The Balaban J connectivity index is 1.34. The van der Waals surface area contributed by atoms with Gasteiger partial charge in [0.15, 0.2) is 11.5 Å². The second kappa shape index (κ2) is 9.45. The van der Waals surface area contributed by atoms with E-state index in [1.807, 2.05) is 12.1 Å². The van der Waals surface area contributed by atoms with Crippen molar-refractivity contribution in [1.82, 2.24) is 20.0 Å². The van der Waals surface area contributed by atoms with Crippen molar-refractivity contribution >= 4 is 0 Å². The molecule has 0 N–H and O–H groups in total. The lowest BCUT2D eigenvalue weighted by Gasteiger charge is -2.36. The van der Waals surface area contributed by atoms with E-state index in [9.17, 15) is 4.39 Å². The van der Waals surface area contributed by atoms with Crippen LogP contribution in [0.4, 0.5) is 4.39 Å². The van der Waals surface area contributed by atoms with E-state index in [-0.39, 0.29) is 11.9 Å². The van der Waals surface area contributed by atoms with Crippen LogP contribution in [-0.4, -0.2) is 60.4 Å². The maximum atomic E-state index is 13.1. The van der Waals surface area contributed by atoms with Crippen molar-refractivity contribution in [3.63, 3.8) is 0 Å². The highest BCUT2D eigenvalue weighted by Gasteiger charge is 2.26. The minimum absolute atomic E-state index is 0.0185. The fourth-order valence-corrected chi connectivity index (χ4v) is 3.81. The first kappa shape index (κ1) is 21.3. The number of rotatable bonds is 7. The first-order valence-corrected chi connectivity index (χ1v) is 10.3. The van der Waals surface area contributed by atoms with Crippen LogP contribution in [-0.2, 0) is 6.54 Å². The van der Waals surface area contributed by atoms with E-state index in [0.29, 0.717) is 17.3 Å². The number of hydrogen-bond acceptors (Lipinski definition) is 7. The summed E-state index contributed by atoms with van der Waals surface area (Å²) in [5.74, 6) is 2.19. The Morgan fingerprint density at radius 2 is 1.68 bits per heavy atom. The molecule has 164 valence electrons. The number of halogens is 1. The van der Waals surface area contributed by atoms with Crippen molar-refractivity contribution in [2.24, 2.45) is 0 Å². The first-order valence-electron chi connectivity index (χ1n) is 10.3. The van der Waals surface area contributed by atoms with Gasteiger partial charge in [0.1, 0.15) is 5.82 Å². The molecule has 1 aliphatic heterocycles. The van der Waals surface area contributed by atoms with Crippen LogP contribution in [0.5, 0.6) is 11.5 Å². The van der Waals surface area contributed by atoms with Gasteiger partial charge in [-0.3, -0.25) is 9.80 Å². The predicted molar refractivity (Wildman–Crippen MR) is 115 cm³/mol. The Hall–Kier alpha value is -2.97. The third-order valence-electron chi connectivity index (χ3n) is 5.70. The lowest BCUT2D eigenvalue weighted by molar-refractivity contribution is 0.0875. The van der Waals surface area contributed by atoms with Gasteiger partial charge in [-0.1, -0.05) is 6.07 Å². The van der Waals surface area contributed by atoms with Crippen molar-refractivity contribution in [1.29, 1.82) is 0 Å². The van der Waals surface area contributed by atoms with Gasteiger partial charge in [-0.25, -0.2) is 4.39 Å². The summed E-state index contributed by atoms with van der Waals surface area (Å²) in [6, 6.07) is 12.1. The van der Waals surface area contributed by atoms with Gasteiger partial charge in [0.25, 0.3) is 0 Å². The third kappa shape index (κ3) is 4.86. The molecule has 0 amide bonds. The summed E-state index contributed by atoms with van der Waals surface area (Å²) in [5, 5.41) is 8.36. The first-order chi connectivity index (χ1) is 15.1. The molecular weight excluding hydrogens is 399 g/mol. The minimum Gasteiger partial charge on any atom is -0.493 e. The molecule has 2 heterocycles. The Morgan fingerprint density at radius 3 is 2.35 bits per heavy atom. The quantitative estimate of drug-likeness (QED) is 0.570. The molecule has 0 aliphatic carbocycles.